The van der Waals surface area contributed by atoms with Crippen LogP contribution >= 0.6 is 0 Å². The molecule has 3 rings (SSSR count). The molecule has 0 atom stereocenters. The quantitative estimate of drug-likeness (QED) is 0.544. The number of sulfonamides is 1. The van der Waals surface area contributed by atoms with Crippen LogP contribution in [0, 0.1) is 18.6 Å². The third kappa shape index (κ3) is 5.54. The van der Waals surface area contributed by atoms with E-state index in [4.69, 9.17) is 4.74 Å². The Bertz CT molecular complexity index is 1310. The number of carbonyl (C=O) groups excluding carboxylic acids is 1. The van der Waals surface area contributed by atoms with E-state index in [-0.39, 0.29) is 12.3 Å². The fourth-order valence-electron chi connectivity index (χ4n) is 3.54. The van der Waals surface area contributed by atoms with Gasteiger partial charge in [-0.1, -0.05) is 19.9 Å². The largest absolute Gasteiger partial charge is 0.481 e. The number of amides is 1. The smallest absolute Gasteiger partial charge is 0.266 e. The maximum Gasteiger partial charge on any atom is 0.266 e. The van der Waals surface area contributed by atoms with Crippen LogP contribution in [0.15, 0.2) is 53.6 Å². The highest BCUT2D eigenvalue weighted by Gasteiger charge is 2.24. The number of rotatable bonds is 7. The molecule has 0 spiro atoms. The van der Waals surface area contributed by atoms with Gasteiger partial charge in [0.2, 0.25) is 11.8 Å². The van der Waals surface area contributed by atoms with Crippen LogP contribution in [0.4, 0.5) is 8.78 Å². The highest BCUT2D eigenvalue weighted by molar-refractivity contribution is 7.90. The first-order chi connectivity index (χ1) is 15.5. The number of ether oxygens (including phenoxy) is 1. The lowest BCUT2D eigenvalue weighted by molar-refractivity contribution is -0.118. The Kier molecular flexibility index (Phi) is 7.12. The third-order valence-electron chi connectivity index (χ3n) is 5.09. The molecule has 0 unspecified atom stereocenters. The molecule has 1 amide bonds. The van der Waals surface area contributed by atoms with Crippen molar-refractivity contribution in [3.05, 3.63) is 77.0 Å². The first-order valence-corrected chi connectivity index (χ1v) is 11.6. The number of benzene rings is 2. The summed E-state index contributed by atoms with van der Waals surface area (Å²) in [6, 6.07) is 9.45. The Morgan fingerprint density at radius 3 is 2.48 bits per heavy atom. The lowest BCUT2D eigenvalue weighted by atomic mass is 9.88. The van der Waals surface area contributed by atoms with Crippen LogP contribution < -0.4 is 9.46 Å². The number of nitrogens with one attached hydrogen (secondary N) is 1. The van der Waals surface area contributed by atoms with Gasteiger partial charge >= 0.3 is 0 Å². The summed E-state index contributed by atoms with van der Waals surface area (Å²) in [6.07, 6.45) is 1.13. The highest BCUT2D eigenvalue weighted by Crippen LogP contribution is 2.33. The number of methoxy groups -OCH3 is 1. The number of hydrogen-bond acceptors (Lipinski definition) is 5. The molecule has 3 aromatic rings. The van der Waals surface area contributed by atoms with E-state index in [0.29, 0.717) is 33.7 Å². The Morgan fingerprint density at radius 2 is 1.85 bits per heavy atom. The Balaban J connectivity index is 2.02. The van der Waals surface area contributed by atoms with Crippen LogP contribution in [0.3, 0.4) is 0 Å². The zero-order chi connectivity index (χ0) is 24.3. The normalized spacial score (nSPS) is 11.5. The van der Waals surface area contributed by atoms with Crippen molar-refractivity contribution in [2.24, 2.45) is 0 Å². The summed E-state index contributed by atoms with van der Waals surface area (Å²) in [4.78, 5) is 16.2. The molecule has 1 N–H and O–H groups in total. The van der Waals surface area contributed by atoms with E-state index in [1.54, 1.807) is 19.1 Å². The average Bonchev–Trinajstić information content (AvgIpc) is 2.73. The molecular weight excluding hydrogens is 450 g/mol. The second-order valence-corrected chi connectivity index (χ2v) is 9.55. The summed E-state index contributed by atoms with van der Waals surface area (Å²) in [5.41, 5.74) is 2.52. The maximum absolute atomic E-state index is 14.5. The number of pyridine rings is 1. The predicted molar refractivity (Wildman–Crippen MR) is 120 cm³/mol. The first kappa shape index (κ1) is 24.3. The molecule has 0 aliphatic heterocycles. The van der Waals surface area contributed by atoms with Crippen molar-refractivity contribution in [2.75, 3.05) is 7.11 Å². The third-order valence-corrected chi connectivity index (χ3v) is 6.50. The lowest BCUT2D eigenvalue weighted by Crippen LogP contribution is -2.32. The second kappa shape index (κ2) is 9.66. The van der Waals surface area contributed by atoms with Gasteiger partial charge in [-0.15, -0.1) is 0 Å². The van der Waals surface area contributed by atoms with E-state index < -0.39 is 32.5 Å². The summed E-state index contributed by atoms with van der Waals surface area (Å²) >= 11 is 0. The van der Waals surface area contributed by atoms with Gasteiger partial charge in [-0.25, -0.2) is 26.9 Å². The number of carbonyl (C=O) groups is 1. The molecule has 0 aliphatic rings. The molecular formula is C24H24F2N2O4S. The maximum atomic E-state index is 14.5. The van der Waals surface area contributed by atoms with Gasteiger partial charge in [0.05, 0.1) is 13.5 Å². The van der Waals surface area contributed by atoms with Crippen molar-refractivity contribution in [1.29, 1.82) is 0 Å². The SMILES string of the molecule is COc1cc(-c2cc(F)cc(C(C)C)c2CC(=O)NS(=O)(=O)c2ccc(C)cc2F)ccn1. The highest BCUT2D eigenvalue weighted by atomic mass is 32.2. The first-order valence-electron chi connectivity index (χ1n) is 10.2. The molecule has 0 bridgehead atoms. The van der Waals surface area contributed by atoms with Gasteiger partial charge in [0, 0.05) is 12.3 Å². The molecule has 2 aromatic carbocycles. The van der Waals surface area contributed by atoms with Crippen LogP contribution in [0.2, 0.25) is 0 Å². The molecule has 0 saturated carbocycles. The van der Waals surface area contributed by atoms with Crippen molar-refractivity contribution in [2.45, 2.75) is 38.0 Å². The van der Waals surface area contributed by atoms with E-state index in [1.807, 2.05) is 18.6 Å². The molecule has 9 heteroatoms. The zero-order valence-corrected chi connectivity index (χ0v) is 19.5. The summed E-state index contributed by atoms with van der Waals surface area (Å²) in [6.45, 7) is 5.30. The second-order valence-electron chi connectivity index (χ2n) is 7.90. The number of aryl methyl sites for hydroxylation is 1. The van der Waals surface area contributed by atoms with Crippen LogP contribution in [0.5, 0.6) is 5.88 Å². The van der Waals surface area contributed by atoms with Crippen LogP contribution in [0.25, 0.3) is 11.1 Å². The fraction of sp³-hybridized carbons (Fsp3) is 0.250. The lowest BCUT2D eigenvalue weighted by Gasteiger charge is -2.18. The van der Waals surface area contributed by atoms with Crippen LogP contribution in [0.1, 0.15) is 36.5 Å². The molecule has 0 saturated heterocycles. The molecule has 174 valence electrons. The van der Waals surface area contributed by atoms with E-state index >= 15 is 0 Å². The molecule has 0 aliphatic carbocycles. The van der Waals surface area contributed by atoms with Gasteiger partial charge in [0.1, 0.15) is 16.5 Å². The minimum atomic E-state index is -4.44. The number of aromatic nitrogens is 1. The average molecular weight is 475 g/mol. The van der Waals surface area contributed by atoms with Gasteiger partial charge < -0.3 is 4.74 Å². The summed E-state index contributed by atoms with van der Waals surface area (Å²) in [5, 5.41) is 0. The van der Waals surface area contributed by atoms with Crippen molar-refractivity contribution in [1.82, 2.24) is 9.71 Å². The Labute approximate surface area is 191 Å². The minimum absolute atomic E-state index is 0.155. The van der Waals surface area contributed by atoms with Gasteiger partial charge in [-0.3, -0.25) is 4.79 Å². The van der Waals surface area contributed by atoms with Crippen molar-refractivity contribution < 1.29 is 26.7 Å². The summed E-state index contributed by atoms with van der Waals surface area (Å²) in [5.74, 6) is -2.17. The summed E-state index contributed by atoms with van der Waals surface area (Å²) < 4.78 is 61.0. The van der Waals surface area contributed by atoms with Gasteiger partial charge in [0.25, 0.3) is 10.0 Å². The topological polar surface area (TPSA) is 85.4 Å². The summed E-state index contributed by atoms with van der Waals surface area (Å²) in [7, 11) is -2.99. The van der Waals surface area contributed by atoms with E-state index in [2.05, 4.69) is 4.98 Å². The fourth-order valence-corrected chi connectivity index (χ4v) is 4.59. The zero-order valence-electron chi connectivity index (χ0n) is 18.6. The van der Waals surface area contributed by atoms with Crippen molar-refractivity contribution >= 4 is 15.9 Å². The molecule has 1 heterocycles. The number of hydrogen-bond donors (Lipinski definition) is 1. The Hall–Kier alpha value is -3.33. The van der Waals surface area contributed by atoms with Crippen molar-refractivity contribution in [3.8, 4) is 17.0 Å². The van der Waals surface area contributed by atoms with Gasteiger partial charge in [-0.05, 0) is 71.0 Å². The van der Waals surface area contributed by atoms with E-state index in [9.17, 15) is 22.0 Å². The van der Waals surface area contributed by atoms with E-state index in [1.165, 1.54) is 31.5 Å². The van der Waals surface area contributed by atoms with Gasteiger partial charge in [0.15, 0.2) is 0 Å². The van der Waals surface area contributed by atoms with Crippen molar-refractivity contribution in [3.63, 3.8) is 0 Å². The molecule has 0 fully saturated rings. The van der Waals surface area contributed by atoms with E-state index in [0.717, 1.165) is 12.1 Å². The Morgan fingerprint density at radius 1 is 1.12 bits per heavy atom. The predicted octanol–water partition coefficient (Wildman–Crippen LogP) is 4.51. The molecule has 6 nitrogen and oxygen atoms in total. The van der Waals surface area contributed by atoms with Gasteiger partial charge in [-0.2, -0.15) is 0 Å². The molecule has 33 heavy (non-hydrogen) atoms. The minimum Gasteiger partial charge on any atom is -0.481 e. The van der Waals surface area contributed by atoms with Crippen LogP contribution in [-0.4, -0.2) is 26.4 Å². The molecule has 0 radical (unpaired) electrons. The molecule has 1 aromatic heterocycles. The monoisotopic (exact) mass is 474 g/mol. The standard InChI is InChI=1S/C24H24F2N2O4S/c1-14(2)18-11-17(25)12-19(16-7-8-27-24(10-16)32-4)20(18)13-23(29)28-33(30,31)22-6-5-15(3)9-21(22)26/h5-12,14H,13H2,1-4H3,(H,28,29). The van der Waals surface area contributed by atoms with Crippen LogP contribution in [-0.2, 0) is 21.2 Å². The number of halogens is 2. The number of nitrogens with zero attached hydrogens (tertiary/aromatic N) is 1.